The van der Waals surface area contributed by atoms with Gasteiger partial charge in [-0.2, -0.15) is 13.2 Å². The van der Waals surface area contributed by atoms with Gasteiger partial charge in [0, 0.05) is 56.1 Å². The first-order chi connectivity index (χ1) is 20.1. The van der Waals surface area contributed by atoms with E-state index in [1.54, 1.807) is 0 Å². The van der Waals surface area contributed by atoms with Crippen molar-refractivity contribution in [2.45, 2.75) is 38.0 Å². The molecule has 16 heteroatoms. The molecule has 0 saturated carbocycles. The van der Waals surface area contributed by atoms with Crippen molar-refractivity contribution >= 4 is 23.2 Å². The van der Waals surface area contributed by atoms with Crippen molar-refractivity contribution in [1.82, 2.24) is 23.8 Å². The van der Waals surface area contributed by atoms with Gasteiger partial charge in [-0.15, -0.1) is 0 Å². The summed E-state index contributed by atoms with van der Waals surface area (Å²) in [4.78, 5) is 53.9. The molecule has 4 aromatic rings. The summed E-state index contributed by atoms with van der Waals surface area (Å²) in [6.45, 7) is 1.23. The van der Waals surface area contributed by atoms with Crippen molar-refractivity contribution in [3.8, 4) is 11.1 Å². The molecule has 3 heterocycles. The molecule has 0 bridgehead atoms. The topological polar surface area (TPSA) is 140 Å². The molecular formula is C27H25F5N6O5. The Morgan fingerprint density at radius 3 is 2.30 bits per heavy atom. The third kappa shape index (κ3) is 6.12. The Morgan fingerprint density at radius 2 is 1.72 bits per heavy atom. The number of aliphatic carboxylic acids is 1. The number of halogens is 5. The van der Waals surface area contributed by atoms with Gasteiger partial charge in [-0.05, 0) is 30.7 Å². The molecule has 0 aliphatic rings. The van der Waals surface area contributed by atoms with E-state index in [1.807, 2.05) is 10.6 Å². The molecule has 4 rings (SSSR count). The summed E-state index contributed by atoms with van der Waals surface area (Å²) in [5, 5.41) is 13.8. The number of carbonyl (C=O) groups is 2. The highest BCUT2D eigenvalue weighted by atomic mass is 19.4. The van der Waals surface area contributed by atoms with Gasteiger partial charge >= 0.3 is 17.8 Å². The molecule has 11 nitrogen and oxygen atoms in total. The van der Waals surface area contributed by atoms with Crippen molar-refractivity contribution in [2.24, 2.45) is 14.1 Å². The van der Waals surface area contributed by atoms with Crippen LogP contribution in [-0.4, -0.2) is 53.8 Å². The van der Waals surface area contributed by atoms with Gasteiger partial charge in [-0.3, -0.25) is 14.2 Å². The molecule has 1 amide bonds. The average molecular weight is 609 g/mol. The SMILES string of the molecule is CC[C@@H](Nc1cc(F)c(C(=O)N[C@@H](Cc2ccc(-c3cn(C)c(=O)n(C)c3=O)c3nccn23)C(=O)O)c(F)c1)C(F)(F)F. The summed E-state index contributed by atoms with van der Waals surface area (Å²) in [6.07, 6.45) is -1.33. The van der Waals surface area contributed by atoms with E-state index in [4.69, 9.17) is 0 Å². The number of alkyl halides is 3. The van der Waals surface area contributed by atoms with Gasteiger partial charge in [0.15, 0.2) is 0 Å². The van der Waals surface area contributed by atoms with Gasteiger partial charge in [0.1, 0.15) is 34.9 Å². The van der Waals surface area contributed by atoms with E-state index in [0.29, 0.717) is 17.7 Å². The van der Waals surface area contributed by atoms with Crippen molar-refractivity contribution < 1.29 is 36.6 Å². The Kier molecular flexibility index (Phi) is 8.41. The molecule has 0 aliphatic carbocycles. The molecule has 0 fully saturated rings. The normalized spacial score (nSPS) is 13.1. The lowest BCUT2D eigenvalue weighted by Gasteiger charge is -2.22. The standard InChI is InChI=1S/C27H25F5N6O5/c1-4-20(27(30,31)32)34-13-9-17(28)21(18(29)10-13)23(39)35-19(25(41)42)11-14-5-6-15(22-33-7-8-38(14)22)16-12-36(2)26(43)37(3)24(16)40/h5-10,12,19-20,34H,4,11H2,1-3H3,(H,35,39)(H,41,42)/t19-,20+/m0/s1. The zero-order chi connectivity index (χ0) is 31.8. The Morgan fingerprint density at radius 1 is 1.07 bits per heavy atom. The van der Waals surface area contributed by atoms with Crippen LogP contribution in [-0.2, 0) is 25.3 Å². The number of hydrogen-bond acceptors (Lipinski definition) is 6. The number of nitrogens with one attached hydrogen (secondary N) is 2. The third-order valence-electron chi connectivity index (χ3n) is 6.80. The Hall–Kier alpha value is -5.02. The largest absolute Gasteiger partial charge is 0.480 e. The molecule has 3 aromatic heterocycles. The number of imidazole rings is 1. The number of fused-ring (bicyclic) bond motifs is 1. The zero-order valence-electron chi connectivity index (χ0n) is 22.9. The van der Waals surface area contributed by atoms with E-state index in [-0.39, 0.29) is 16.9 Å². The second-order valence-electron chi connectivity index (χ2n) is 9.69. The highest BCUT2D eigenvalue weighted by Gasteiger charge is 2.38. The van der Waals surface area contributed by atoms with E-state index in [0.717, 1.165) is 4.57 Å². The number of hydrogen-bond donors (Lipinski definition) is 3. The van der Waals surface area contributed by atoms with Gasteiger partial charge in [-0.1, -0.05) is 6.92 Å². The van der Waals surface area contributed by atoms with Crippen LogP contribution in [0.2, 0.25) is 0 Å². The number of carboxylic acid groups (broad SMARTS) is 1. The molecular weight excluding hydrogens is 583 g/mol. The molecule has 3 N–H and O–H groups in total. The minimum atomic E-state index is -4.69. The van der Waals surface area contributed by atoms with Crippen molar-refractivity contribution in [3.63, 3.8) is 0 Å². The number of benzene rings is 1. The zero-order valence-corrected chi connectivity index (χ0v) is 22.9. The van der Waals surface area contributed by atoms with Crippen molar-refractivity contribution in [3.05, 3.63) is 86.6 Å². The predicted octanol–water partition coefficient (Wildman–Crippen LogP) is 2.86. The number of amides is 1. The van der Waals surface area contributed by atoms with Gasteiger partial charge in [0.05, 0.1) is 5.56 Å². The second kappa shape index (κ2) is 11.7. The van der Waals surface area contributed by atoms with Crippen LogP contribution in [0.25, 0.3) is 16.8 Å². The quantitative estimate of drug-likeness (QED) is 0.249. The summed E-state index contributed by atoms with van der Waals surface area (Å²) in [6, 6.07) is 0.170. The molecule has 43 heavy (non-hydrogen) atoms. The maximum absolute atomic E-state index is 14.7. The number of carbonyl (C=O) groups excluding carboxylic acids is 1. The number of rotatable bonds is 9. The minimum absolute atomic E-state index is 0.139. The lowest BCUT2D eigenvalue weighted by molar-refractivity contribution is -0.143. The molecule has 0 radical (unpaired) electrons. The predicted molar refractivity (Wildman–Crippen MR) is 144 cm³/mol. The van der Waals surface area contributed by atoms with Gasteiger partial charge < -0.3 is 24.7 Å². The first kappa shape index (κ1) is 30.9. The van der Waals surface area contributed by atoms with Crippen molar-refractivity contribution in [2.75, 3.05) is 5.32 Å². The highest BCUT2D eigenvalue weighted by Crippen LogP contribution is 2.28. The Labute approximate surface area is 239 Å². The fraction of sp³-hybridized carbons (Fsp3) is 0.296. The van der Waals surface area contributed by atoms with Crippen LogP contribution in [0.5, 0.6) is 0 Å². The number of pyridine rings is 1. The van der Waals surface area contributed by atoms with Crippen LogP contribution in [0, 0.1) is 11.6 Å². The van der Waals surface area contributed by atoms with E-state index in [9.17, 15) is 46.2 Å². The highest BCUT2D eigenvalue weighted by molar-refractivity contribution is 5.97. The maximum atomic E-state index is 14.7. The Balaban J connectivity index is 1.62. The van der Waals surface area contributed by atoms with E-state index < -0.39 is 77.1 Å². The summed E-state index contributed by atoms with van der Waals surface area (Å²) < 4.78 is 72.2. The summed E-state index contributed by atoms with van der Waals surface area (Å²) >= 11 is 0. The van der Waals surface area contributed by atoms with Crippen LogP contribution in [0.3, 0.4) is 0 Å². The minimum Gasteiger partial charge on any atom is -0.480 e. The fourth-order valence-corrected chi connectivity index (χ4v) is 4.57. The first-order valence-corrected chi connectivity index (χ1v) is 12.7. The summed E-state index contributed by atoms with van der Waals surface area (Å²) in [5.41, 5.74) is -1.89. The lowest BCUT2D eigenvalue weighted by Crippen LogP contribution is -2.43. The number of anilines is 1. The van der Waals surface area contributed by atoms with Crippen LogP contribution >= 0.6 is 0 Å². The van der Waals surface area contributed by atoms with Crippen LogP contribution in [0.4, 0.5) is 27.6 Å². The maximum Gasteiger partial charge on any atom is 0.408 e. The second-order valence-corrected chi connectivity index (χ2v) is 9.69. The number of aryl methyl sites for hydroxylation is 1. The molecule has 0 saturated heterocycles. The molecule has 2 atom stereocenters. The number of aromatic nitrogens is 4. The van der Waals surface area contributed by atoms with E-state index >= 15 is 0 Å². The summed E-state index contributed by atoms with van der Waals surface area (Å²) in [7, 11) is 2.77. The van der Waals surface area contributed by atoms with Gasteiger partial charge in [-0.25, -0.2) is 23.4 Å². The fourth-order valence-electron chi connectivity index (χ4n) is 4.57. The van der Waals surface area contributed by atoms with Crippen LogP contribution in [0.1, 0.15) is 29.4 Å². The molecule has 0 aliphatic heterocycles. The first-order valence-electron chi connectivity index (χ1n) is 12.7. The van der Waals surface area contributed by atoms with E-state index in [2.05, 4.69) is 4.98 Å². The van der Waals surface area contributed by atoms with Crippen LogP contribution in [0.15, 0.2) is 52.4 Å². The number of nitrogens with zero attached hydrogens (tertiary/aromatic N) is 4. The Bertz CT molecular complexity index is 1820. The molecule has 0 spiro atoms. The lowest BCUT2D eigenvalue weighted by atomic mass is 10.1. The molecule has 1 aromatic carbocycles. The smallest absolute Gasteiger partial charge is 0.408 e. The third-order valence-corrected chi connectivity index (χ3v) is 6.80. The molecule has 228 valence electrons. The number of carboxylic acids is 1. The average Bonchev–Trinajstić information content (AvgIpc) is 3.42. The summed E-state index contributed by atoms with van der Waals surface area (Å²) in [5.74, 6) is -5.99. The van der Waals surface area contributed by atoms with Crippen molar-refractivity contribution in [1.29, 1.82) is 0 Å². The van der Waals surface area contributed by atoms with Gasteiger partial charge in [0.2, 0.25) is 0 Å². The van der Waals surface area contributed by atoms with Gasteiger partial charge in [0.25, 0.3) is 11.5 Å². The molecule has 0 unspecified atom stereocenters. The monoisotopic (exact) mass is 608 g/mol. The van der Waals surface area contributed by atoms with Crippen LogP contribution < -0.4 is 21.9 Å². The van der Waals surface area contributed by atoms with E-state index in [1.165, 1.54) is 60.7 Å².